The number of hydrogen-bond acceptors (Lipinski definition) is 3. The number of hydrogen-bond donors (Lipinski definition) is 0. The van der Waals surface area contributed by atoms with E-state index in [0.717, 1.165) is 0 Å². The van der Waals surface area contributed by atoms with Crippen molar-refractivity contribution in [3.05, 3.63) is 23.8 Å². The van der Waals surface area contributed by atoms with Crippen molar-refractivity contribution in [2.24, 2.45) is 0 Å². The summed E-state index contributed by atoms with van der Waals surface area (Å²) in [6.07, 6.45) is 0. The van der Waals surface area contributed by atoms with Crippen LogP contribution in [0, 0.1) is 0 Å². The lowest BCUT2D eigenvalue weighted by Crippen LogP contribution is -2.43. The van der Waals surface area contributed by atoms with Gasteiger partial charge in [-0.15, -0.1) is 0 Å². The molecule has 1 aromatic carbocycles. The van der Waals surface area contributed by atoms with E-state index in [4.69, 9.17) is 20.8 Å². The van der Waals surface area contributed by atoms with Crippen LogP contribution in [0.25, 0.3) is 0 Å². The van der Waals surface area contributed by atoms with Crippen molar-refractivity contribution in [2.45, 2.75) is 38.9 Å². The molecule has 0 N–H and O–H groups in total. The first-order valence-corrected chi connectivity index (χ1v) is 9.44. The summed E-state index contributed by atoms with van der Waals surface area (Å²) in [6, 6.07) is 5.01. The van der Waals surface area contributed by atoms with Crippen molar-refractivity contribution < 1.29 is 14.0 Å². The Kier molecular flexibility index (Phi) is 4.69. The Bertz CT molecular complexity index is 478. The van der Waals surface area contributed by atoms with Crippen LogP contribution in [-0.4, -0.2) is 20.7 Å². The minimum Gasteiger partial charge on any atom is -0.541 e. The second kappa shape index (κ2) is 5.55. The number of methoxy groups -OCH3 is 1. The summed E-state index contributed by atoms with van der Waals surface area (Å²) >= 11 is 5.46. The number of ether oxygens (including phenoxy) is 1. The molecule has 0 saturated carbocycles. The van der Waals surface area contributed by atoms with Crippen LogP contribution in [0.2, 0.25) is 18.1 Å². The minimum absolute atomic E-state index is 0.0962. The Hall–Kier alpha value is -1.00. The summed E-state index contributed by atoms with van der Waals surface area (Å²) in [4.78, 5) is 11.1. The molecular weight excluding hydrogens is 280 g/mol. The minimum atomic E-state index is -1.94. The van der Waals surface area contributed by atoms with E-state index < -0.39 is 13.6 Å². The molecule has 0 aromatic heterocycles. The first-order valence-electron chi connectivity index (χ1n) is 6.15. The molecular formula is C14H21ClO3Si. The molecule has 0 bridgehead atoms. The third kappa shape index (κ3) is 3.73. The van der Waals surface area contributed by atoms with Crippen molar-refractivity contribution in [3.63, 3.8) is 0 Å². The lowest BCUT2D eigenvalue weighted by atomic mass is 10.2. The molecule has 0 saturated heterocycles. The van der Waals surface area contributed by atoms with Crippen molar-refractivity contribution in [1.82, 2.24) is 0 Å². The van der Waals surface area contributed by atoms with E-state index in [9.17, 15) is 4.79 Å². The molecule has 0 aliphatic carbocycles. The standard InChI is InChI=1S/C14H21ClO3Si/c1-14(2,3)19(5,6)18-11-8-7-10(13(15)16)9-12(11)17-4/h7-9H,1-6H3. The van der Waals surface area contributed by atoms with Crippen LogP contribution in [0.1, 0.15) is 31.1 Å². The molecule has 0 fully saturated rings. The first kappa shape index (κ1) is 16.1. The zero-order chi connectivity index (χ0) is 14.8. The van der Waals surface area contributed by atoms with E-state index in [1.54, 1.807) is 25.3 Å². The summed E-state index contributed by atoms with van der Waals surface area (Å²) in [5.41, 5.74) is 0.404. The highest BCUT2D eigenvalue weighted by Crippen LogP contribution is 2.40. The molecule has 3 nitrogen and oxygen atoms in total. The molecule has 1 rings (SSSR count). The van der Waals surface area contributed by atoms with Crippen LogP contribution in [0.4, 0.5) is 0 Å². The number of halogens is 1. The molecule has 1 aromatic rings. The number of rotatable bonds is 4. The van der Waals surface area contributed by atoms with E-state index >= 15 is 0 Å². The van der Waals surface area contributed by atoms with Crippen molar-refractivity contribution in [3.8, 4) is 11.5 Å². The van der Waals surface area contributed by atoms with Crippen LogP contribution in [0.3, 0.4) is 0 Å². The third-order valence-electron chi connectivity index (χ3n) is 3.56. The van der Waals surface area contributed by atoms with Crippen LogP contribution in [0.5, 0.6) is 11.5 Å². The quantitative estimate of drug-likeness (QED) is 0.608. The molecule has 5 heteroatoms. The first-order chi connectivity index (χ1) is 8.58. The predicted molar refractivity (Wildman–Crippen MR) is 81.0 cm³/mol. The zero-order valence-electron chi connectivity index (χ0n) is 12.3. The highest BCUT2D eigenvalue weighted by molar-refractivity contribution is 6.74. The predicted octanol–water partition coefficient (Wildman–Crippen LogP) is 4.46. The monoisotopic (exact) mass is 300 g/mol. The largest absolute Gasteiger partial charge is 0.541 e. The van der Waals surface area contributed by atoms with Crippen molar-refractivity contribution in [2.75, 3.05) is 7.11 Å². The maximum absolute atomic E-state index is 11.1. The maximum Gasteiger partial charge on any atom is 0.252 e. The molecule has 19 heavy (non-hydrogen) atoms. The summed E-state index contributed by atoms with van der Waals surface area (Å²) in [6.45, 7) is 10.8. The fourth-order valence-electron chi connectivity index (χ4n) is 1.30. The molecule has 0 heterocycles. The summed E-state index contributed by atoms with van der Waals surface area (Å²) in [5, 5.41) is -0.406. The van der Waals surface area contributed by atoms with Gasteiger partial charge in [-0.05, 0) is 47.9 Å². The molecule has 0 amide bonds. The van der Waals surface area contributed by atoms with E-state index in [1.807, 2.05) is 0 Å². The molecule has 0 aliphatic heterocycles. The van der Waals surface area contributed by atoms with Gasteiger partial charge in [0, 0.05) is 5.56 Å². The number of carbonyl (C=O) groups is 1. The van der Waals surface area contributed by atoms with Crippen LogP contribution in [-0.2, 0) is 0 Å². The fraction of sp³-hybridized carbons (Fsp3) is 0.500. The molecule has 0 aliphatic rings. The van der Waals surface area contributed by atoms with E-state index in [0.29, 0.717) is 17.1 Å². The van der Waals surface area contributed by atoms with Gasteiger partial charge in [0.25, 0.3) is 13.6 Å². The summed E-state index contributed by atoms with van der Waals surface area (Å²) < 4.78 is 11.5. The van der Waals surface area contributed by atoms with Crippen LogP contribution in [0.15, 0.2) is 18.2 Å². The van der Waals surface area contributed by atoms with Crippen LogP contribution >= 0.6 is 11.6 Å². The van der Waals surface area contributed by atoms with Gasteiger partial charge in [-0.3, -0.25) is 4.79 Å². The Labute approximate surface area is 121 Å². The molecule has 0 spiro atoms. The van der Waals surface area contributed by atoms with Crippen molar-refractivity contribution >= 4 is 25.2 Å². The van der Waals surface area contributed by atoms with Gasteiger partial charge in [-0.1, -0.05) is 20.8 Å². The Morgan fingerprint density at radius 3 is 2.21 bits per heavy atom. The lowest BCUT2D eigenvalue weighted by molar-refractivity contribution is 0.108. The second-order valence-corrected chi connectivity index (χ2v) is 11.1. The number of benzene rings is 1. The highest BCUT2D eigenvalue weighted by atomic mass is 35.5. The Balaban J connectivity index is 3.12. The Morgan fingerprint density at radius 2 is 1.79 bits per heavy atom. The van der Waals surface area contributed by atoms with E-state index in [-0.39, 0.29) is 5.04 Å². The summed E-state index contributed by atoms with van der Waals surface area (Å²) in [7, 11) is -0.384. The van der Waals surface area contributed by atoms with E-state index in [1.165, 1.54) is 0 Å². The lowest BCUT2D eigenvalue weighted by Gasteiger charge is -2.36. The van der Waals surface area contributed by atoms with Gasteiger partial charge in [0.05, 0.1) is 7.11 Å². The normalized spacial score (nSPS) is 12.2. The zero-order valence-corrected chi connectivity index (χ0v) is 14.1. The highest BCUT2D eigenvalue weighted by Gasteiger charge is 2.39. The van der Waals surface area contributed by atoms with Gasteiger partial charge >= 0.3 is 0 Å². The topological polar surface area (TPSA) is 35.5 Å². The molecule has 0 atom stereocenters. The SMILES string of the molecule is COc1cc(C(=O)Cl)ccc1O[Si](C)(C)C(C)(C)C. The van der Waals surface area contributed by atoms with Crippen molar-refractivity contribution in [1.29, 1.82) is 0 Å². The molecule has 0 radical (unpaired) electrons. The van der Waals surface area contributed by atoms with E-state index in [2.05, 4.69) is 33.9 Å². The van der Waals surface area contributed by atoms with Gasteiger partial charge in [-0.2, -0.15) is 0 Å². The maximum atomic E-state index is 11.1. The Morgan fingerprint density at radius 1 is 1.21 bits per heavy atom. The molecule has 0 unspecified atom stereocenters. The van der Waals surface area contributed by atoms with Gasteiger partial charge in [-0.25, -0.2) is 0 Å². The smallest absolute Gasteiger partial charge is 0.252 e. The van der Waals surface area contributed by atoms with Crippen LogP contribution < -0.4 is 9.16 Å². The van der Waals surface area contributed by atoms with Gasteiger partial charge in [0.15, 0.2) is 5.75 Å². The van der Waals surface area contributed by atoms with Gasteiger partial charge in [0.2, 0.25) is 0 Å². The van der Waals surface area contributed by atoms with Gasteiger partial charge in [0.1, 0.15) is 5.75 Å². The third-order valence-corrected chi connectivity index (χ3v) is 8.12. The second-order valence-electron chi connectivity index (χ2n) is 6.00. The summed E-state index contributed by atoms with van der Waals surface area (Å²) in [5.74, 6) is 1.20. The average Bonchev–Trinajstić information content (AvgIpc) is 2.27. The fourth-order valence-corrected chi connectivity index (χ4v) is 2.44. The number of carbonyl (C=O) groups excluding carboxylic acids is 1. The average molecular weight is 301 g/mol. The molecule has 106 valence electrons. The van der Waals surface area contributed by atoms with Gasteiger partial charge < -0.3 is 9.16 Å².